The molecule has 4 heterocycles. The van der Waals surface area contributed by atoms with Crippen molar-refractivity contribution in [3.8, 4) is 17.5 Å². The van der Waals surface area contributed by atoms with Gasteiger partial charge in [0, 0.05) is 17.3 Å². The minimum atomic E-state index is -1.64. The number of ether oxygens (including phenoxy) is 1. The van der Waals surface area contributed by atoms with Crippen LogP contribution in [-0.2, 0) is 4.74 Å². The molecule has 0 unspecified atom stereocenters. The van der Waals surface area contributed by atoms with Gasteiger partial charge >= 0.3 is 7.12 Å². The van der Waals surface area contributed by atoms with Crippen molar-refractivity contribution in [1.29, 1.82) is 5.26 Å². The summed E-state index contributed by atoms with van der Waals surface area (Å²) in [7, 11) is -1.64. The van der Waals surface area contributed by atoms with Crippen LogP contribution in [0.2, 0.25) is 0 Å². The molecule has 1 aliphatic heterocycles. The molecule has 1 aliphatic rings. The van der Waals surface area contributed by atoms with Gasteiger partial charge in [0.25, 0.3) is 0 Å². The van der Waals surface area contributed by atoms with E-state index >= 15 is 0 Å². The Labute approximate surface area is 149 Å². The van der Waals surface area contributed by atoms with Crippen molar-refractivity contribution in [3.05, 3.63) is 42.2 Å². The number of aromatic nitrogens is 3. The van der Waals surface area contributed by atoms with Gasteiger partial charge in [0.1, 0.15) is 6.07 Å². The van der Waals surface area contributed by atoms with Crippen LogP contribution < -0.4 is 10.8 Å². The van der Waals surface area contributed by atoms with Crippen LogP contribution in [0.1, 0.15) is 12.5 Å². The van der Waals surface area contributed by atoms with Crippen molar-refractivity contribution >= 4 is 23.8 Å². The number of pyridine rings is 1. The van der Waals surface area contributed by atoms with E-state index in [2.05, 4.69) is 21.5 Å². The molecule has 0 radical (unpaired) electrons. The van der Waals surface area contributed by atoms with Gasteiger partial charge in [-0.2, -0.15) is 10.4 Å². The van der Waals surface area contributed by atoms with Crippen LogP contribution in [0.15, 0.2) is 36.7 Å². The molecule has 0 aromatic carbocycles. The molecule has 130 valence electrons. The van der Waals surface area contributed by atoms with E-state index < -0.39 is 7.12 Å². The Morgan fingerprint density at radius 1 is 1.31 bits per heavy atom. The second-order valence-electron chi connectivity index (χ2n) is 6.62. The summed E-state index contributed by atoms with van der Waals surface area (Å²) in [5, 5.41) is 35.9. The molecule has 9 heteroatoms. The minimum absolute atomic E-state index is 0.260. The lowest BCUT2D eigenvalue weighted by atomic mass is 9.79. The molecule has 8 nitrogen and oxygen atoms in total. The van der Waals surface area contributed by atoms with Gasteiger partial charge in [-0.15, -0.1) is 0 Å². The zero-order chi connectivity index (χ0) is 18.3. The highest BCUT2D eigenvalue weighted by atomic mass is 16.5. The van der Waals surface area contributed by atoms with Crippen LogP contribution in [0.3, 0.4) is 0 Å². The molecule has 26 heavy (non-hydrogen) atoms. The average molecular weight is 349 g/mol. The maximum absolute atomic E-state index is 9.64. The highest BCUT2D eigenvalue weighted by molar-refractivity contribution is 6.60. The summed E-state index contributed by atoms with van der Waals surface area (Å²) in [6.45, 7) is 3.08. The molecule has 3 N–H and O–H groups in total. The Bertz CT molecular complexity index is 1020. The quantitative estimate of drug-likeness (QED) is 0.574. The maximum atomic E-state index is 9.64. The van der Waals surface area contributed by atoms with E-state index in [-0.39, 0.29) is 5.54 Å². The number of nitrogens with one attached hydrogen (secondary N) is 1. The lowest BCUT2D eigenvalue weighted by Gasteiger charge is -2.40. The number of nitriles is 1. The summed E-state index contributed by atoms with van der Waals surface area (Å²) >= 11 is 0. The molecule has 0 aliphatic carbocycles. The van der Waals surface area contributed by atoms with Gasteiger partial charge in [-0.25, -0.2) is 4.52 Å². The third-order valence-electron chi connectivity index (χ3n) is 4.38. The van der Waals surface area contributed by atoms with Crippen molar-refractivity contribution in [2.75, 3.05) is 18.5 Å². The predicted molar refractivity (Wildman–Crippen MR) is 95.8 cm³/mol. The molecule has 3 aromatic rings. The van der Waals surface area contributed by atoms with E-state index in [9.17, 15) is 10.0 Å². The molecule has 0 atom stereocenters. The van der Waals surface area contributed by atoms with Crippen LogP contribution in [0.25, 0.3) is 16.9 Å². The first-order valence-electron chi connectivity index (χ1n) is 8.09. The molecule has 0 bridgehead atoms. The Kier molecular flexibility index (Phi) is 3.88. The normalized spacial score (nSPS) is 15.3. The molecule has 0 amide bonds. The fourth-order valence-electron chi connectivity index (χ4n) is 2.98. The largest absolute Gasteiger partial charge is 0.492 e. The first-order valence-corrected chi connectivity index (χ1v) is 8.09. The maximum Gasteiger partial charge on any atom is 0.492 e. The third-order valence-corrected chi connectivity index (χ3v) is 4.38. The summed E-state index contributed by atoms with van der Waals surface area (Å²) in [5.41, 5.74) is 3.24. The number of hydrogen-bond acceptors (Lipinski definition) is 7. The van der Waals surface area contributed by atoms with E-state index in [0.29, 0.717) is 35.6 Å². The fourth-order valence-corrected chi connectivity index (χ4v) is 2.98. The topological polar surface area (TPSA) is 116 Å². The number of hydrogen-bond donors (Lipinski definition) is 3. The Hall–Kier alpha value is -2.93. The van der Waals surface area contributed by atoms with Crippen LogP contribution in [0.5, 0.6) is 0 Å². The number of fused-ring (bicyclic) bond motifs is 1. The first kappa shape index (κ1) is 16.5. The van der Waals surface area contributed by atoms with E-state index in [1.54, 1.807) is 16.6 Å². The van der Waals surface area contributed by atoms with Gasteiger partial charge in [-0.1, -0.05) is 0 Å². The van der Waals surface area contributed by atoms with Gasteiger partial charge in [0.15, 0.2) is 0 Å². The Balaban J connectivity index is 1.78. The molecule has 0 spiro atoms. The van der Waals surface area contributed by atoms with Gasteiger partial charge < -0.3 is 20.1 Å². The Morgan fingerprint density at radius 2 is 2.12 bits per heavy atom. The van der Waals surface area contributed by atoms with E-state index in [1.807, 2.05) is 19.1 Å². The molecule has 1 fully saturated rings. The lowest BCUT2D eigenvalue weighted by Crippen LogP contribution is -2.54. The summed E-state index contributed by atoms with van der Waals surface area (Å²) in [6, 6.07) is 9.29. The van der Waals surface area contributed by atoms with Crippen LogP contribution in [-0.4, -0.2) is 50.5 Å². The summed E-state index contributed by atoms with van der Waals surface area (Å²) in [6.07, 6.45) is 2.93. The zero-order valence-electron chi connectivity index (χ0n) is 14.0. The molecule has 1 saturated heterocycles. The Morgan fingerprint density at radius 3 is 2.77 bits per heavy atom. The monoisotopic (exact) mass is 349 g/mol. The van der Waals surface area contributed by atoms with Gasteiger partial charge in [-0.05, 0) is 31.2 Å². The van der Waals surface area contributed by atoms with Gasteiger partial charge in [-0.3, -0.25) is 4.98 Å². The van der Waals surface area contributed by atoms with Crippen molar-refractivity contribution in [1.82, 2.24) is 14.6 Å². The van der Waals surface area contributed by atoms with Crippen molar-refractivity contribution in [2.24, 2.45) is 0 Å². The highest BCUT2D eigenvalue weighted by Crippen LogP contribution is 2.26. The van der Waals surface area contributed by atoms with E-state index in [0.717, 1.165) is 11.2 Å². The lowest BCUT2D eigenvalue weighted by molar-refractivity contribution is -0.0317. The molecule has 3 aromatic heterocycles. The summed E-state index contributed by atoms with van der Waals surface area (Å²) in [5.74, 6) is 0. The summed E-state index contributed by atoms with van der Waals surface area (Å²) in [4.78, 5) is 4.35. The molecular formula is C17H16BN5O3. The molecule has 0 saturated carbocycles. The second-order valence-corrected chi connectivity index (χ2v) is 6.62. The first-order chi connectivity index (χ1) is 12.5. The summed E-state index contributed by atoms with van der Waals surface area (Å²) < 4.78 is 6.94. The number of anilines is 1. The standard InChI is InChI=1S/C17H16BN5O3/c1-17(9-26-10-17)22-14-5-15(20-8-13(14)18(24)25)16-3-2-12-4-11(6-19)7-21-23(12)16/h2-5,7-8,24-25H,9-10H2,1H3,(H,20,22). The van der Waals surface area contributed by atoms with E-state index in [1.165, 1.54) is 12.4 Å². The van der Waals surface area contributed by atoms with Crippen LogP contribution in [0, 0.1) is 11.3 Å². The third kappa shape index (κ3) is 2.80. The SMILES string of the molecule is CC1(Nc2cc(-c3ccc4cc(C#N)cnn34)ncc2B(O)O)COC1. The number of nitrogens with zero attached hydrogens (tertiary/aromatic N) is 4. The zero-order valence-corrected chi connectivity index (χ0v) is 14.0. The average Bonchev–Trinajstić information content (AvgIpc) is 3.03. The smallest absolute Gasteiger partial charge is 0.423 e. The fraction of sp³-hybridized carbons (Fsp3) is 0.235. The minimum Gasteiger partial charge on any atom is -0.423 e. The molecule has 4 rings (SSSR count). The van der Waals surface area contributed by atoms with Crippen molar-refractivity contribution < 1.29 is 14.8 Å². The van der Waals surface area contributed by atoms with Gasteiger partial charge in [0.2, 0.25) is 0 Å². The van der Waals surface area contributed by atoms with Crippen molar-refractivity contribution in [3.63, 3.8) is 0 Å². The van der Waals surface area contributed by atoms with Crippen LogP contribution >= 0.6 is 0 Å². The number of rotatable bonds is 4. The predicted octanol–water partition coefficient (Wildman–Crippen LogP) is 0.149. The van der Waals surface area contributed by atoms with Crippen molar-refractivity contribution in [2.45, 2.75) is 12.5 Å². The molecular weight excluding hydrogens is 333 g/mol. The van der Waals surface area contributed by atoms with Crippen LogP contribution in [0.4, 0.5) is 5.69 Å². The second kappa shape index (κ2) is 6.11. The van der Waals surface area contributed by atoms with Gasteiger partial charge in [0.05, 0.1) is 47.4 Å². The highest BCUT2D eigenvalue weighted by Gasteiger charge is 2.34. The van der Waals surface area contributed by atoms with E-state index in [4.69, 9.17) is 10.00 Å².